The molecule has 2 fully saturated rings. The fourth-order valence-corrected chi connectivity index (χ4v) is 4.84. The van der Waals surface area contributed by atoms with Gasteiger partial charge >= 0.3 is 6.18 Å². The van der Waals surface area contributed by atoms with Gasteiger partial charge in [-0.3, -0.25) is 9.59 Å². The van der Waals surface area contributed by atoms with Crippen LogP contribution in [0.25, 0.3) is 10.8 Å². The van der Waals surface area contributed by atoms with E-state index in [9.17, 15) is 27.2 Å². The van der Waals surface area contributed by atoms with Crippen molar-refractivity contribution in [1.82, 2.24) is 25.1 Å². The van der Waals surface area contributed by atoms with Gasteiger partial charge in [0.1, 0.15) is 5.82 Å². The standard InChI is InChI=1S/C24H25F4N7O3/c1-14-12-35(21-17-3-2-4-18(25)20(17)22(37)32-31-21)13-16(38-14)9-19(36)33-5-7-34(8-6-33)23-29-10-15(11-30-23)24(26,27)28/h2-4,10-11,14,16H,5-9,12-13H2,1H3,(H,32,37)/t14-,16-/m0/s1. The first-order chi connectivity index (χ1) is 18.1. The molecule has 10 nitrogen and oxygen atoms in total. The number of aromatic nitrogens is 4. The second-order valence-electron chi connectivity index (χ2n) is 9.35. The second-order valence-corrected chi connectivity index (χ2v) is 9.35. The smallest absolute Gasteiger partial charge is 0.371 e. The Balaban J connectivity index is 1.22. The van der Waals surface area contributed by atoms with Crippen LogP contribution in [0, 0.1) is 5.82 Å². The van der Waals surface area contributed by atoms with E-state index in [1.807, 2.05) is 11.8 Å². The van der Waals surface area contributed by atoms with E-state index < -0.39 is 29.2 Å². The van der Waals surface area contributed by atoms with E-state index >= 15 is 0 Å². The Morgan fingerprint density at radius 3 is 2.50 bits per heavy atom. The monoisotopic (exact) mass is 535 g/mol. The molecule has 2 aromatic heterocycles. The van der Waals surface area contributed by atoms with E-state index in [1.54, 1.807) is 15.9 Å². The van der Waals surface area contributed by atoms with Gasteiger partial charge in [0, 0.05) is 57.0 Å². The van der Waals surface area contributed by atoms with Gasteiger partial charge in [-0.1, -0.05) is 12.1 Å². The third-order valence-corrected chi connectivity index (χ3v) is 6.65. The molecular weight excluding hydrogens is 510 g/mol. The lowest BCUT2D eigenvalue weighted by Gasteiger charge is -2.39. The quantitative estimate of drug-likeness (QED) is 0.507. The van der Waals surface area contributed by atoms with E-state index in [-0.39, 0.29) is 29.8 Å². The minimum Gasteiger partial charge on any atom is -0.371 e. The minimum atomic E-state index is -4.50. The van der Waals surface area contributed by atoms with Crippen LogP contribution in [0.1, 0.15) is 18.9 Å². The highest BCUT2D eigenvalue weighted by molar-refractivity contribution is 5.91. The molecule has 0 spiro atoms. The van der Waals surface area contributed by atoms with Gasteiger partial charge in [0.2, 0.25) is 11.9 Å². The molecule has 0 radical (unpaired) electrons. The maximum atomic E-state index is 14.3. The Kier molecular flexibility index (Phi) is 6.90. The number of anilines is 2. The van der Waals surface area contributed by atoms with Gasteiger partial charge in [0.25, 0.3) is 5.56 Å². The van der Waals surface area contributed by atoms with E-state index in [4.69, 9.17) is 4.74 Å². The fraction of sp³-hybridized carbons (Fsp3) is 0.458. The summed E-state index contributed by atoms with van der Waals surface area (Å²) in [6.45, 7) is 4.11. The van der Waals surface area contributed by atoms with Crippen molar-refractivity contribution in [2.24, 2.45) is 0 Å². The van der Waals surface area contributed by atoms with Crippen molar-refractivity contribution in [2.45, 2.75) is 31.7 Å². The number of piperazine rings is 1. The maximum absolute atomic E-state index is 14.3. The second kappa shape index (κ2) is 10.2. The summed E-state index contributed by atoms with van der Waals surface area (Å²) in [6.07, 6.45) is -3.60. The van der Waals surface area contributed by atoms with Crippen LogP contribution in [0.15, 0.2) is 35.4 Å². The number of alkyl halides is 3. The van der Waals surface area contributed by atoms with Crippen LogP contribution >= 0.6 is 0 Å². The Labute approximate surface area is 214 Å². The molecule has 2 atom stereocenters. The van der Waals surface area contributed by atoms with Crippen LogP contribution < -0.4 is 15.4 Å². The number of nitrogens with zero attached hydrogens (tertiary/aromatic N) is 6. The van der Waals surface area contributed by atoms with E-state index in [1.165, 1.54) is 12.1 Å². The average molecular weight is 536 g/mol. The molecule has 3 aromatic rings. The van der Waals surface area contributed by atoms with Crippen molar-refractivity contribution in [3.63, 3.8) is 0 Å². The summed E-state index contributed by atoms with van der Waals surface area (Å²) in [6, 6.07) is 4.37. The minimum absolute atomic E-state index is 0.0702. The van der Waals surface area contributed by atoms with Crippen LogP contribution in [-0.4, -0.2) is 82.4 Å². The van der Waals surface area contributed by atoms with Gasteiger partial charge in [0.05, 0.1) is 29.6 Å². The number of carbonyl (C=O) groups excluding carboxylic acids is 1. The van der Waals surface area contributed by atoms with Crippen LogP contribution in [0.4, 0.5) is 29.3 Å². The number of hydrogen-bond acceptors (Lipinski definition) is 8. The van der Waals surface area contributed by atoms with Gasteiger partial charge in [-0.25, -0.2) is 19.5 Å². The largest absolute Gasteiger partial charge is 0.419 e. The van der Waals surface area contributed by atoms with Gasteiger partial charge < -0.3 is 19.4 Å². The lowest BCUT2D eigenvalue weighted by Crippen LogP contribution is -2.52. The van der Waals surface area contributed by atoms with E-state index in [0.717, 1.165) is 12.4 Å². The summed E-state index contributed by atoms with van der Waals surface area (Å²) < 4.78 is 58.6. The number of ether oxygens (including phenoxy) is 1. The first-order valence-corrected chi connectivity index (χ1v) is 12.1. The highest BCUT2D eigenvalue weighted by Gasteiger charge is 2.33. The molecule has 5 rings (SSSR count). The molecule has 0 aliphatic carbocycles. The van der Waals surface area contributed by atoms with Gasteiger partial charge in [-0.15, -0.1) is 0 Å². The molecule has 0 unspecified atom stereocenters. The lowest BCUT2D eigenvalue weighted by atomic mass is 10.1. The fourth-order valence-electron chi connectivity index (χ4n) is 4.84. The van der Waals surface area contributed by atoms with Gasteiger partial charge in [-0.05, 0) is 13.0 Å². The molecule has 2 aliphatic rings. The molecule has 1 amide bonds. The number of morpholine rings is 1. The molecule has 14 heteroatoms. The van der Waals surface area contributed by atoms with Crippen molar-refractivity contribution in [1.29, 1.82) is 0 Å². The molecule has 202 valence electrons. The predicted octanol–water partition coefficient (Wildman–Crippen LogP) is 2.20. The van der Waals surface area contributed by atoms with Crippen LogP contribution in [0.5, 0.6) is 0 Å². The Bertz CT molecular complexity index is 1370. The topological polar surface area (TPSA) is 108 Å². The number of H-pyrrole nitrogens is 1. The molecule has 0 bridgehead atoms. The first kappa shape index (κ1) is 25.8. The lowest BCUT2D eigenvalue weighted by molar-refractivity contribution is -0.138. The summed E-state index contributed by atoms with van der Waals surface area (Å²) in [5.74, 6) is -0.164. The zero-order valence-corrected chi connectivity index (χ0v) is 20.4. The maximum Gasteiger partial charge on any atom is 0.419 e. The van der Waals surface area contributed by atoms with Crippen molar-refractivity contribution in [3.8, 4) is 0 Å². The molecule has 4 heterocycles. The van der Waals surface area contributed by atoms with Crippen molar-refractivity contribution < 1.29 is 27.1 Å². The molecule has 2 saturated heterocycles. The van der Waals surface area contributed by atoms with Gasteiger partial charge in [0.15, 0.2) is 5.82 Å². The van der Waals surface area contributed by atoms with E-state index in [0.29, 0.717) is 50.5 Å². The predicted molar refractivity (Wildman–Crippen MR) is 129 cm³/mol. The number of carbonyl (C=O) groups is 1. The van der Waals surface area contributed by atoms with Gasteiger partial charge in [-0.2, -0.15) is 18.3 Å². The summed E-state index contributed by atoms with van der Waals surface area (Å²) in [5.41, 5.74) is -1.53. The Hall–Kier alpha value is -3.81. The molecule has 0 saturated carbocycles. The zero-order chi connectivity index (χ0) is 27.0. The van der Waals surface area contributed by atoms with Crippen LogP contribution in [0.2, 0.25) is 0 Å². The molecule has 38 heavy (non-hydrogen) atoms. The SMILES string of the molecule is C[C@H]1CN(c2n[nH]c(=O)c3c(F)cccc23)C[C@H](CC(=O)N2CCN(c3ncc(C(F)(F)F)cn3)CC2)O1. The average Bonchev–Trinajstić information content (AvgIpc) is 2.88. The first-order valence-electron chi connectivity index (χ1n) is 12.1. The third kappa shape index (κ3) is 5.26. The number of halogens is 4. The highest BCUT2D eigenvalue weighted by atomic mass is 19.4. The van der Waals surface area contributed by atoms with Crippen LogP contribution in [-0.2, 0) is 15.7 Å². The number of rotatable bonds is 4. The number of fused-ring (bicyclic) bond motifs is 1. The summed E-state index contributed by atoms with van der Waals surface area (Å²) in [7, 11) is 0. The summed E-state index contributed by atoms with van der Waals surface area (Å²) >= 11 is 0. The van der Waals surface area contributed by atoms with Crippen LogP contribution in [0.3, 0.4) is 0 Å². The van der Waals surface area contributed by atoms with Crippen molar-refractivity contribution in [3.05, 3.63) is 52.3 Å². The molecular formula is C24H25F4N7O3. The number of nitrogens with one attached hydrogen (secondary N) is 1. The number of benzene rings is 1. The number of hydrogen-bond donors (Lipinski definition) is 1. The zero-order valence-electron chi connectivity index (χ0n) is 20.4. The molecule has 1 N–H and O–H groups in total. The Morgan fingerprint density at radius 1 is 1.11 bits per heavy atom. The summed E-state index contributed by atoms with van der Waals surface area (Å²) in [5, 5.41) is 6.83. The van der Waals surface area contributed by atoms with E-state index in [2.05, 4.69) is 20.2 Å². The number of amides is 1. The third-order valence-electron chi connectivity index (χ3n) is 6.65. The Morgan fingerprint density at radius 2 is 1.82 bits per heavy atom. The highest BCUT2D eigenvalue weighted by Crippen LogP contribution is 2.29. The molecule has 2 aliphatic heterocycles. The van der Waals surface area contributed by atoms with Crippen molar-refractivity contribution in [2.75, 3.05) is 49.1 Å². The molecule has 1 aromatic carbocycles. The normalized spacial score (nSPS) is 20.7. The summed E-state index contributed by atoms with van der Waals surface area (Å²) in [4.78, 5) is 38.1. The number of aromatic amines is 1. The van der Waals surface area contributed by atoms with Crippen molar-refractivity contribution >= 4 is 28.4 Å².